The number of rotatable bonds is 3. The summed E-state index contributed by atoms with van der Waals surface area (Å²) in [6, 6.07) is 0. The third-order valence-electron chi connectivity index (χ3n) is 0.717. The van der Waals surface area contributed by atoms with Crippen molar-refractivity contribution >= 4 is 22.6 Å². The van der Waals surface area contributed by atoms with Crippen molar-refractivity contribution in [3.05, 3.63) is 23.0 Å². The Kier molecular flexibility index (Phi) is 4.05. The SMILES string of the molecule is C=NC=C(Br)C(=C)OC. The van der Waals surface area contributed by atoms with Gasteiger partial charge in [0.1, 0.15) is 5.76 Å². The maximum absolute atomic E-state index is 4.77. The molecule has 0 aromatic heterocycles. The van der Waals surface area contributed by atoms with Gasteiger partial charge in [0.05, 0.1) is 11.6 Å². The smallest absolute Gasteiger partial charge is 0.127 e. The van der Waals surface area contributed by atoms with Crippen LogP contribution in [-0.2, 0) is 4.74 Å². The van der Waals surface area contributed by atoms with Gasteiger partial charge >= 0.3 is 0 Å². The van der Waals surface area contributed by atoms with E-state index in [1.165, 1.54) is 6.20 Å². The Balaban J connectivity index is 4.01. The average Bonchev–Trinajstić information content (AvgIpc) is 1.87. The fourth-order valence-electron chi connectivity index (χ4n) is 0.250. The van der Waals surface area contributed by atoms with Crippen molar-refractivity contribution in [2.75, 3.05) is 7.11 Å². The minimum atomic E-state index is 0.544. The summed E-state index contributed by atoms with van der Waals surface area (Å²) in [5.74, 6) is 0.544. The lowest BCUT2D eigenvalue weighted by molar-refractivity contribution is 0.307. The Morgan fingerprint density at radius 3 is 2.67 bits per heavy atom. The first-order chi connectivity index (χ1) is 4.22. The van der Waals surface area contributed by atoms with Crippen LogP contribution in [-0.4, -0.2) is 13.8 Å². The minimum absolute atomic E-state index is 0.544. The molecule has 0 aromatic carbocycles. The van der Waals surface area contributed by atoms with Crippen LogP contribution in [0.25, 0.3) is 0 Å². The number of allylic oxidation sites excluding steroid dienone is 1. The zero-order valence-electron chi connectivity index (χ0n) is 5.22. The lowest BCUT2D eigenvalue weighted by atomic mass is 10.5. The first-order valence-corrected chi connectivity index (χ1v) is 3.06. The number of hydrogen-bond acceptors (Lipinski definition) is 2. The molecule has 0 spiro atoms. The molecule has 0 bridgehead atoms. The fourth-order valence-corrected chi connectivity index (χ4v) is 0.556. The standard InChI is InChI=1S/C6H8BrNO/c1-5(9-3)6(7)4-8-2/h4H,1-2H2,3H3. The van der Waals surface area contributed by atoms with Gasteiger partial charge in [-0.1, -0.05) is 6.58 Å². The van der Waals surface area contributed by atoms with Crippen LogP contribution in [0.1, 0.15) is 0 Å². The van der Waals surface area contributed by atoms with E-state index in [0.29, 0.717) is 10.2 Å². The monoisotopic (exact) mass is 189 g/mol. The predicted octanol–water partition coefficient (Wildman–Crippen LogP) is 2.08. The molecule has 3 heteroatoms. The van der Waals surface area contributed by atoms with Gasteiger partial charge in [-0.3, -0.25) is 4.99 Å². The second-order valence-electron chi connectivity index (χ2n) is 1.29. The predicted molar refractivity (Wildman–Crippen MR) is 42.7 cm³/mol. The molecule has 2 nitrogen and oxygen atoms in total. The molecule has 0 amide bonds. The van der Waals surface area contributed by atoms with Crippen LogP contribution >= 0.6 is 15.9 Å². The van der Waals surface area contributed by atoms with Crippen molar-refractivity contribution in [2.45, 2.75) is 0 Å². The van der Waals surface area contributed by atoms with Gasteiger partial charge in [-0.2, -0.15) is 0 Å². The highest BCUT2D eigenvalue weighted by molar-refractivity contribution is 9.11. The Morgan fingerprint density at radius 2 is 2.33 bits per heavy atom. The number of methoxy groups -OCH3 is 1. The van der Waals surface area contributed by atoms with Crippen molar-refractivity contribution in [1.29, 1.82) is 0 Å². The largest absolute Gasteiger partial charge is 0.496 e. The zero-order valence-corrected chi connectivity index (χ0v) is 6.81. The third kappa shape index (κ3) is 3.08. The second-order valence-corrected chi connectivity index (χ2v) is 2.14. The van der Waals surface area contributed by atoms with Crippen LogP contribution in [0.5, 0.6) is 0 Å². The number of nitrogens with zero attached hydrogens (tertiary/aromatic N) is 1. The van der Waals surface area contributed by atoms with E-state index in [4.69, 9.17) is 4.74 Å². The van der Waals surface area contributed by atoms with Gasteiger partial charge < -0.3 is 4.74 Å². The summed E-state index contributed by atoms with van der Waals surface area (Å²) >= 11 is 3.17. The van der Waals surface area contributed by atoms with Crippen LogP contribution in [0, 0.1) is 0 Å². The Morgan fingerprint density at radius 1 is 1.78 bits per heavy atom. The fraction of sp³-hybridized carbons (Fsp3) is 0.167. The van der Waals surface area contributed by atoms with E-state index in [1.54, 1.807) is 7.11 Å². The Hall–Kier alpha value is -0.570. The molecule has 0 aliphatic carbocycles. The third-order valence-corrected chi connectivity index (χ3v) is 1.36. The number of aliphatic imine (C=N–C) groups is 1. The van der Waals surface area contributed by atoms with Gasteiger partial charge in [0.15, 0.2) is 0 Å². The molecule has 0 aliphatic rings. The highest BCUT2D eigenvalue weighted by Crippen LogP contribution is 2.14. The molecule has 0 unspecified atom stereocenters. The molecule has 0 aromatic rings. The molecule has 0 rings (SSSR count). The van der Waals surface area contributed by atoms with E-state index >= 15 is 0 Å². The molecule has 0 fully saturated rings. The van der Waals surface area contributed by atoms with Crippen molar-refractivity contribution in [3.8, 4) is 0 Å². The van der Waals surface area contributed by atoms with Crippen LogP contribution < -0.4 is 0 Å². The van der Waals surface area contributed by atoms with Crippen molar-refractivity contribution in [3.63, 3.8) is 0 Å². The van der Waals surface area contributed by atoms with E-state index in [2.05, 4.69) is 34.2 Å². The molecule has 0 saturated carbocycles. The molecule has 0 aliphatic heterocycles. The quantitative estimate of drug-likeness (QED) is 0.379. The second kappa shape index (κ2) is 4.32. The maximum atomic E-state index is 4.77. The van der Waals surface area contributed by atoms with Gasteiger partial charge in [-0.25, -0.2) is 0 Å². The van der Waals surface area contributed by atoms with Crippen molar-refractivity contribution in [2.24, 2.45) is 4.99 Å². The van der Waals surface area contributed by atoms with Gasteiger partial charge in [-0.05, 0) is 22.6 Å². The molecule has 0 N–H and O–H groups in total. The molecule has 9 heavy (non-hydrogen) atoms. The number of hydrogen-bond donors (Lipinski definition) is 0. The minimum Gasteiger partial charge on any atom is -0.496 e. The average molecular weight is 190 g/mol. The summed E-state index contributed by atoms with van der Waals surface area (Å²) < 4.78 is 5.48. The van der Waals surface area contributed by atoms with Crippen LogP contribution in [0.15, 0.2) is 28.0 Å². The summed E-state index contributed by atoms with van der Waals surface area (Å²) in [6.45, 7) is 6.83. The molecule has 0 saturated heterocycles. The van der Waals surface area contributed by atoms with E-state index in [0.717, 1.165) is 0 Å². The summed E-state index contributed by atoms with van der Waals surface area (Å²) in [7, 11) is 1.54. The molecule has 0 radical (unpaired) electrons. The van der Waals surface area contributed by atoms with Gasteiger partial charge in [0.25, 0.3) is 0 Å². The van der Waals surface area contributed by atoms with Gasteiger partial charge in [-0.15, -0.1) is 0 Å². The van der Waals surface area contributed by atoms with E-state index < -0.39 is 0 Å². The highest BCUT2D eigenvalue weighted by Gasteiger charge is 1.93. The lowest BCUT2D eigenvalue weighted by Crippen LogP contribution is -1.81. The highest BCUT2D eigenvalue weighted by atomic mass is 79.9. The van der Waals surface area contributed by atoms with Crippen LogP contribution in [0.2, 0.25) is 0 Å². The van der Waals surface area contributed by atoms with Gasteiger partial charge in [0, 0.05) is 6.20 Å². The van der Waals surface area contributed by atoms with Crippen LogP contribution in [0.4, 0.5) is 0 Å². The normalized spacial score (nSPS) is 10.7. The zero-order chi connectivity index (χ0) is 7.28. The molecule has 0 atom stereocenters. The van der Waals surface area contributed by atoms with E-state index in [1.807, 2.05) is 0 Å². The van der Waals surface area contributed by atoms with Crippen LogP contribution in [0.3, 0.4) is 0 Å². The van der Waals surface area contributed by atoms with E-state index in [-0.39, 0.29) is 0 Å². The summed E-state index contributed by atoms with van der Waals surface area (Å²) in [6.07, 6.45) is 1.52. The summed E-state index contributed by atoms with van der Waals surface area (Å²) in [5.41, 5.74) is 0. The van der Waals surface area contributed by atoms with Gasteiger partial charge in [0.2, 0.25) is 0 Å². The number of halogens is 1. The molecule has 50 valence electrons. The molecular formula is C6H8BrNO. The first kappa shape index (κ1) is 8.43. The topological polar surface area (TPSA) is 21.6 Å². The summed E-state index contributed by atoms with van der Waals surface area (Å²) in [4.78, 5) is 3.50. The molecule has 0 heterocycles. The first-order valence-electron chi connectivity index (χ1n) is 2.27. The van der Waals surface area contributed by atoms with Crippen molar-refractivity contribution in [1.82, 2.24) is 0 Å². The Bertz CT molecular complexity index is 151. The molecular weight excluding hydrogens is 182 g/mol. The van der Waals surface area contributed by atoms with E-state index in [9.17, 15) is 0 Å². The summed E-state index contributed by atoms with van der Waals surface area (Å²) in [5, 5.41) is 0. The number of ether oxygens (including phenoxy) is 1. The maximum Gasteiger partial charge on any atom is 0.127 e. The lowest BCUT2D eigenvalue weighted by Gasteiger charge is -1.98. The Labute approximate surface area is 63.1 Å². The van der Waals surface area contributed by atoms with Crippen molar-refractivity contribution < 1.29 is 4.74 Å².